The summed E-state index contributed by atoms with van der Waals surface area (Å²) in [5.74, 6) is 0.140. The second-order valence-corrected chi connectivity index (χ2v) is 6.90. The monoisotopic (exact) mass is 324 g/mol. The standard InChI is InChI=1S/C19H24N4O/c1-22-18(15-8-2-3-9-16(15)21-22)19(24)23-12-5-4-10-17(23)14-7-6-11-20-13-14/h6-7,11,13,17H,2-5,8-10,12H2,1H3/t17-/m1/s1. The first-order valence-electron chi connectivity index (χ1n) is 9.01. The Morgan fingerprint density at radius 1 is 1.21 bits per heavy atom. The Morgan fingerprint density at radius 3 is 2.92 bits per heavy atom. The van der Waals surface area contributed by atoms with Gasteiger partial charge in [0, 0.05) is 31.5 Å². The van der Waals surface area contributed by atoms with Crippen LogP contribution in [-0.2, 0) is 19.9 Å². The van der Waals surface area contributed by atoms with Gasteiger partial charge in [-0.1, -0.05) is 6.07 Å². The molecule has 0 saturated carbocycles. The Morgan fingerprint density at radius 2 is 2.08 bits per heavy atom. The quantitative estimate of drug-likeness (QED) is 0.853. The number of pyridine rings is 1. The highest BCUT2D eigenvalue weighted by molar-refractivity contribution is 5.94. The average Bonchev–Trinajstić information content (AvgIpc) is 2.97. The summed E-state index contributed by atoms with van der Waals surface area (Å²) >= 11 is 0. The van der Waals surface area contributed by atoms with Gasteiger partial charge in [-0.05, 0) is 56.6 Å². The number of likely N-dealkylation sites (tertiary alicyclic amines) is 1. The van der Waals surface area contributed by atoms with Crippen LogP contribution in [0.15, 0.2) is 24.5 Å². The van der Waals surface area contributed by atoms with Gasteiger partial charge in [-0.15, -0.1) is 0 Å². The summed E-state index contributed by atoms with van der Waals surface area (Å²) < 4.78 is 1.81. The summed E-state index contributed by atoms with van der Waals surface area (Å²) in [7, 11) is 1.91. The minimum atomic E-state index is 0.133. The number of aryl methyl sites for hydroxylation is 2. The van der Waals surface area contributed by atoms with Gasteiger partial charge in [0.2, 0.25) is 0 Å². The molecule has 1 aliphatic heterocycles. The summed E-state index contributed by atoms with van der Waals surface area (Å²) in [5.41, 5.74) is 4.26. The summed E-state index contributed by atoms with van der Waals surface area (Å²) in [6, 6.07) is 4.18. The number of piperidine rings is 1. The van der Waals surface area contributed by atoms with Crippen molar-refractivity contribution in [3.8, 4) is 0 Å². The first-order chi connectivity index (χ1) is 11.8. The van der Waals surface area contributed by atoms with Gasteiger partial charge >= 0.3 is 0 Å². The highest BCUT2D eigenvalue weighted by atomic mass is 16.2. The van der Waals surface area contributed by atoms with Gasteiger partial charge in [0.05, 0.1) is 11.7 Å². The fourth-order valence-electron chi connectivity index (χ4n) is 4.18. The third-order valence-electron chi connectivity index (χ3n) is 5.35. The fourth-order valence-corrected chi connectivity index (χ4v) is 4.18. The van der Waals surface area contributed by atoms with Crippen LogP contribution in [0.5, 0.6) is 0 Å². The SMILES string of the molecule is Cn1nc2c(c1C(=O)N1CCCC[C@@H]1c1cccnc1)CCCC2. The Labute approximate surface area is 142 Å². The van der Waals surface area contributed by atoms with Gasteiger partial charge in [0.25, 0.3) is 5.91 Å². The molecule has 0 radical (unpaired) electrons. The number of hydrogen-bond acceptors (Lipinski definition) is 3. The molecule has 0 unspecified atom stereocenters. The largest absolute Gasteiger partial charge is 0.330 e. The number of nitrogens with zero attached hydrogens (tertiary/aromatic N) is 4. The molecule has 1 saturated heterocycles. The van der Waals surface area contributed by atoms with Crippen LogP contribution in [0.25, 0.3) is 0 Å². The van der Waals surface area contributed by atoms with E-state index in [4.69, 9.17) is 0 Å². The second-order valence-electron chi connectivity index (χ2n) is 6.90. The maximum Gasteiger partial charge on any atom is 0.272 e. The number of aromatic nitrogens is 3. The minimum Gasteiger partial charge on any atom is -0.330 e. The molecule has 4 rings (SSSR count). The molecular weight excluding hydrogens is 300 g/mol. The lowest BCUT2D eigenvalue weighted by Gasteiger charge is -2.36. The van der Waals surface area contributed by atoms with Gasteiger partial charge in [0.1, 0.15) is 5.69 Å². The topological polar surface area (TPSA) is 51.0 Å². The number of carbonyl (C=O) groups excluding carboxylic acids is 1. The maximum absolute atomic E-state index is 13.4. The third kappa shape index (κ3) is 2.62. The van der Waals surface area contributed by atoms with Crippen molar-refractivity contribution < 1.29 is 4.79 Å². The molecule has 5 heteroatoms. The fraction of sp³-hybridized carbons (Fsp3) is 0.526. The molecule has 2 aromatic heterocycles. The predicted octanol–water partition coefficient (Wildman–Crippen LogP) is 3.06. The molecule has 1 amide bonds. The summed E-state index contributed by atoms with van der Waals surface area (Å²) in [6.07, 6.45) is 11.3. The number of amides is 1. The van der Waals surface area contributed by atoms with E-state index in [0.717, 1.165) is 62.0 Å². The molecule has 24 heavy (non-hydrogen) atoms. The second kappa shape index (κ2) is 6.38. The molecule has 2 aromatic rings. The van der Waals surface area contributed by atoms with E-state index in [-0.39, 0.29) is 11.9 Å². The number of carbonyl (C=O) groups is 1. The van der Waals surface area contributed by atoms with Crippen molar-refractivity contribution in [3.63, 3.8) is 0 Å². The third-order valence-corrected chi connectivity index (χ3v) is 5.35. The van der Waals surface area contributed by atoms with Gasteiger partial charge in [-0.25, -0.2) is 0 Å². The van der Waals surface area contributed by atoms with Crippen molar-refractivity contribution >= 4 is 5.91 Å². The van der Waals surface area contributed by atoms with Crippen LogP contribution in [0.3, 0.4) is 0 Å². The first-order valence-corrected chi connectivity index (χ1v) is 9.01. The van der Waals surface area contributed by atoms with Gasteiger partial charge in [-0.2, -0.15) is 5.10 Å². The lowest BCUT2D eigenvalue weighted by Crippen LogP contribution is -2.39. The van der Waals surface area contributed by atoms with Crippen molar-refractivity contribution in [2.45, 2.75) is 51.0 Å². The smallest absolute Gasteiger partial charge is 0.272 e. The molecule has 0 N–H and O–H groups in total. The van der Waals surface area contributed by atoms with E-state index >= 15 is 0 Å². The molecule has 3 heterocycles. The van der Waals surface area contributed by atoms with Crippen molar-refractivity contribution in [2.24, 2.45) is 7.05 Å². The van der Waals surface area contributed by atoms with E-state index in [9.17, 15) is 4.79 Å². The van der Waals surface area contributed by atoms with E-state index in [2.05, 4.69) is 16.1 Å². The molecule has 126 valence electrons. The van der Waals surface area contributed by atoms with Crippen molar-refractivity contribution in [1.29, 1.82) is 0 Å². The lowest BCUT2D eigenvalue weighted by molar-refractivity contribution is 0.0598. The zero-order valence-electron chi connectivity index (χ0n) is 14.2. The Bertz CT molecular complexity index is 737. The van der Waals surface area contributed by atoms with E-state index in [0.29, 0.717) is 0 Å². The van der Waals surface area contributed by atoms with E-state index in [1.54, 1.807) is 6.20 Å². The van der Waals surface area contributed by atoms with Crippen LogP contribution < -0.4 is 0 Å². The predicted molar refractivity (Wildman–Crippen MR) is 91.7 cm³/mol. The molecule has 1 atom stereocenters. The van der Waals surface area contributed by atoms with Crippen LogP contribution in [0, 0.1) is 0 Å². The van der Waals surface area contributed by atoms with E-state index in [1.165, 1.54) is 12.0 Å². The first kappa shape index (κ1) is 15.4. The average molecular weight is 324 g/mol. The van der Waals surface area contributed by atoms with Gasteiger partial charge in [-0.3, -0.25) is 14.5 Å². The molecule has 1 fully saturated rings. The highest BCUT2D eigenvalue weighted by Gasteiger charge is 2.33. The zero-order valence-corrected chi connectivity index (χ0v) is 14.2. The van der Waals surface area contributed by atoms with Crippen LogP contribution >= 0.6 is 0 Å². The highest BCUT2D eigenvalue weighted by Crippen LogP contribution is 2.33. The minimum absolute atomic E-state index is 0.133. The lowest BCUT2D eigenvalue weighted by atomic mass is 9.93. The molecule has 5 nitrogen and oxygen atoms in total. The van der Waals surface area contributed by atoms with E-state index in [1.807, 2.05) is 28.9 Å². The number of fused-ring (bicyclic) bond motifs is 1. The van der Waals surface area contributed by atoms with Crippen molar-refractivity contribution in [2.75, 3.05) is 6.54 Å². The number of hydrogen-bond donors (Lipinski definition) is 0. The van der Waals surface area contributed by atoms with Crippen LogP contribution in [-0.4, -0.2) is 32.1 Å². The van der Waals surface area contributed by atoms with Crippen LogP contribution in [0.2, 0.25) is 0 Å². The van der Waals surface area contributed by atoms with Gasteiger partial charge in [0.15, 0.2) is 0 Å². The maximum atomic E-state index is 13.4. The molecule has 0 bridgehead atoms. The van der Waals surface area contributed by atoms with E-state index < -0.39 is 0 Å². The van der Waals surface area contributed by atoms with Crippen LogP contribution in [0.4, 0.5) is 0 Å². The molecule has 0 aromatic carbocycles. The van der Waals surface area contributed by atoms with Crippen LogP contribution in [0.1, 0.15) is 65.5 Å². The van der Waals surface area contributed by atoms with Crippen molar-refractivity contribution in [1.82, 2.24) is 19.7 Å². The van der Waals surface area contributed by atoms with Crippen molar-refractivity contribution in [3.05, 3.63) is 47.0 Å². The van der Waals surface area contributed by atoms with Gasteiger partial charge < -0.3 is 4.90 Å². The normalized spacial score (nSPS) is 20.7. The Balaban J connectivity index is 1.69. The Hall–Kier alpha value is -2.17. The molecular formula is C19H24N4O. The summed E-state index contributed by atoms with van der Waals surface area (Å²) in [5, 5.41) is 4.62. The molecule has 2 aliphatic rings. The number of rotatable bonds is 2. The molecule has 1 aliphatic carbocycles. The molecule has 0 spiro atoms. The Kier molecular flexibility index (Phi) is 4.08. The summed E-state index contributed by atoms with van der Waals surface area (Å²) in [4.78, 5) is 19.7. The summed E-state index contributed by atoms with van der Waals surface area (Å²) in [6.45, 7) is 0.818. The zero-order chi connectivity index (χ0) is 16.5.